The minimum absolute atomic E-state index is 0.0246. The van der Waals surface area contributed by atoms with E-state index >= 15 is 0 Å². The lowest BCUT2D eigenvalue weighted by Gasteiger charge is -2.32. The maximum absolute atomic E-state index is 6.01. The average molecular weight is 332 g/mol. The maximum Gasteiger partial charge on any atom is 0.0549 e. The lowest BCUT2D eigenvalue weighted by molar-refractivity contribution is 0.351. The van der Waals surface area contributed by atoms with Crippen LogP contribution >= 0.6 is 27.5 Å². The van der Waals surface area contributed by atoms with Gasteiger partial charge in [-0.2, -0.15) is 0 Å². The van der Waals surface area contributed by atoms with Gasteiger partial charge in [-0.1, -0.05) is 25.4 Å². The zero-order valence-electron chi connectivity index (χ0n) is 10.9. The molecule has 2 rings (SSSR count). The minimum Gasteiger partial charge on any atom is -0.378 e. The average Bonchev–Trinajstić information content (AvgIpc) is 2.60. The van der Waals surface area contributed by atoms with Crippen LogP contribution in [0.2, 0.25) is 5.02 Å². The summed E-state index contributed by atoms with van der Waals surface area (Å²) >= 11 is 9.47. The Morgan fingerprint density at radius 3 is 2.61 bits per heavy atom. The molecule has 1 aromatic carbocycles. The smallest absolute Gasteiger partial charge is 0.0549 e. The molecule has 0 saturated heterocycles. The van der Waals surface area contributed by atoms with Crippen LogP contribution in [0.4, 0.5) is 5.69 Å². The van der Waals surface area contributed by atoms with Gasteiger partial charge in [-0.15, -0.1) is 0 Å². The molecule has 18 heavy (non-hydrogen) atoms. The zero-order chi connectivity index (χ0) is 13.4. The van der Waals surface area contributed by atoms with Crippen LogP contribution in [0.15, 0.2) is 22.7 Å². The van der Waals surface area contributed by atoms with Crippen molar-refractivity contribution in [2.45, 2.75) is 38.6 Å². The highest BCUT2D eigenvalue weighted by Gasteiger charge is 2.42. The molecule has 1 atom stereocenters. The fourth-order valence-corrected chi connectivity index (χ4v) is 3.38. The predicted molar refractivity (Wildman–Crippen MR) is 82.2 cm³/mol. The van der Waals surface area contributed by atoms with Gasteiger partial charge in [-0.05, 0) is 58.8 Å². The van der Waals surface area contributed by atoms with Crippen molar-refractivity contribution >= 4 is 33.2 Å². The summed E-state index contributed by atoms with van der Waals surface area (Å²) in [5, 5.41) is 4.34. The number of halogens is 2. The molecule has 2 nitrogen and oxygen atoms in total. The standard InChI is InChI=1S/C14H20BrClN2/c1-13(2)5-6-14(8-13,9-17)18-10-3-4-12(16)11(15)7-10/h3-4,7,18H,5-6,8-9,17H2,1-2H3. The van der Waals surface area contributed by atoms with Gasteiger partial charge in [0.2, 0.25) is 0 Å². The van der Waals surface area contributed by atoms with Crippen LogP contribution < -0.4 is 11.1 Å². The highest BCUT2D eigenvalue weighted by molar-refractivity contribution is 9.10. The molecular formula is C14H20BrClN2. The number of anilines is 1. The monoisotopic (exact) mass is 330 g/mol. The second-order valence-electron chi connectivity index (χ2n) is 6.08. The first-order chi connectivity index (χ1) is 8.36. The summed E-state index contributed by atoms with van der Waals surface area (Å²) < 4.78 is 0.915. The molecule has 4 heteroatoms. The molecule has 0 spiro atoms. The van der Waals surface area contributed by atoms with Crippen molar-refractivity contribution in [2.75, 3.05) is 11.9 Å². The van der Waals surface area contributed by atoms with Crippen molar-refractivity contribution in [2.24, 2.45) is 11.1 Å². The van der Waals surface area contributed by atoms with Gasteiger partial charge in [0.25, 0.3) is 0 Å². The molecule has 0 heterocycles. The van der Waals surface area contributed by atoms with Crippen LogP contribution in [-0.4, -0.2) is 12.1 Å². The number of nitrogens with one attached hydrogen (secondary N) is 1. The Hall–Kier alpha value is -0.250. The molecule has 3 N–H and O–H groups in total. The van der Waals surface area contributed by atoms with E-state index in [0.29, 0.717) is 12.0 Å². The number of nitrogens with two attached hydrogens (primary N) is 1. The topological polar surface area (TPSA) is 38.0 Å². The Bertz CT molecular complexity index is 447. The Balaban J connectivity index is 2.18. The summed E-state index contributed by atoms with van der Waals surface area (Å²) in [6, 6.07) is 5.93. The van der Waals surface area contributed by atoms with Crippen molar-refractivity contribution in [3.63, 3.8) is 0 Å². The SMILES string of the molecule is CC1(C)CCC(CN)(Nc2ccc(Cl)c(Br)c2)C1. The Labute approximate surface area is 122 Å². The number of hydrogen-bond acceptors (Lipinski definition) is 2. The molecule has 0 aromatic heterocycles. The van der Waals surface area contributed by atoms with Crippen molar-refractivity contribution in [3.8, 4) is 0 Å². The van der Waals surface area contributed by atoms with Gasteiger partial charge < -0.3 is 11.1 Å². The van der Waals surface area contributed by atoms with Gasteiger partial charge >= 0.3 is 0 Å². The summed E-state index contributed by atoms with van der Waals surface area (Å²) in [5.41, 5.74) is 7.48. The number of rotatable bonds is 3. The largest absolute Gasteiger partial charge is 0.378 e. The zero-order valence-corrected chi connectivity index (χ0v) is 13.2. The normalized spacial score (nSPS) is 26.3. The molecule has 1 saturated carbocycles. The van der Waals surface area contributed by atoms with Crippen LogP contribution in [0.3, 0.4) is 0 Å². The molecule has 1 aliphatic rings. The van der Waals surface area contributed by atoms with Crippen molar-refractivity contribution in [1.29, 1.82) is 0 Å². The fraction of sp³-hybridized carbons (Fsp3) is 0.571. The van der Waals surface area contributed by atoms with E-state index in [0.717, 1.165) is 28.0 Å². The summed E-state index contributed by atoms with van der Waals surface area (Å²) in [7, 11) is 0. The maximum atomic E-state index is 6.01. The van der Waals surface area contributed by atoms with Crippen molar-refractivity contribution < 1.29 is 0 Å². The number of hydrogen-bond donors (Lipinski definition) is 2. The van der Waals surface area contributed by atoms with Gasteiger partial charge in [-0.3, -0.25) is 0 Å². The Kier molecular flexibility index (Phi) is 3.96. The van der Waals surface area contributed by atoms with Crippen LogP contribution in [0, 0.1) is 5.41 Å². The quantitative estimate of drug-likeness (QED) is 0.860. The third-order valence-electron chi connectivity index (χ3n) is 3.82. The fourth-order valence-electron chi connectivity index (χ4n) is 2.88. The molecule has 1 aliphatic carbocycles. The molecule has 1 unspecified atom stereocenters. The first kappa shape index (κ1) is 14.2. The molecule has 1 fully saturated rings. The van der Waals surface area contributed by atoms with E-state index in [1.54, 1.807) is 0 Å². The Morgan fingerprint density at radius 1 is 1.39 bits per heavy atom. The van der Waals surface area contributed by atoms with Gasteiger partial charge in [0, 0.05) is 16.7 Å². The second kappa shape index (κ2) is 5.03. The third-order valence-corrected chi connectivity index (χ3v) is 5.03. The lowest BCUT2D eigenvalue weighted by Crippen LogP contribution is -2.43. The van der Waals surface area contributed by atoms with Crippen LogP contribution in [0.25, 0.3) is 0 Å². The second-order valence-corrected chi connectivity index (χ2v) is 7.34. The summed E-state index contributed by atoms with van der Waals surface area (Å²) in [6.07, 6.45) is 3.44. The van der Waals surface area contributed by atoms with Crippen LogP contribution in [-0.2, 0) is 0 Å². The van der Waals surface area contributed by atoms with E-state index in [2.05, 4.69) is 35.1 Å². The highest BCUT2D eigenvalue weighted by Crippen LogP contribution is 2.45. The number of benzene rings is 1. The van der Waals surface area contributed by atoms with E-state index in [1.807, 2.05) is 18.2 Å². The van der Waals surface area contributed by atoms with Crippen LogP contribution in [0.5, 0.6) is 0 Å². The first-order valence-corrected chi connectivity index (χ1v) is 7.46. The van der Waals surface area contributed by atoms with E-state index in [4.69, 9.17) is 17.3 Å². The van der Waals surface area contributed by atoms with Gasteiger partial charge in [-0.25, -0.2) is 0 Å². The summed E-state index contributed by atoms with van der Waals surface area (Å²) in [5.74, 6) is 0. The van der Waals surface area contributed by atoms with Gasteiger partial charge in [0.1, 0.15) is 0 Å². The first-order valence-electron chi connectivity index (χ1n) is 6.29. The summed E-state index contributed by atoms with van der Waals surface area (Å²) in [4.78, 5) is 0. The predicted octanol–water partition coefficient (Wildman–Crippen LogP) is 4.42. The molecule has 1 aromatic rings. The molecule has 0 bridgehead atoms. The Morgan fingerprint density at radius 2 is 2.11 bits per heavy atom. The lowest BCUT2D eigenvalue weighted by atomic mass is 9.87. The van der Waals surface area contributed by atoms with E-state index in [1.165, 1.54) is 6.42 Å². The van der Waals surface area contributed by atoms with Gasteiger partial charge in [0.05, 0.1) is 10.6 Å². The highest BCUT2D eigenvalue weighted by atomic mass is 79.9. The van der Waals surface area contributed by atoms with E-state index in [9.17, 15) is 0 Å². The molecule has 100 valence electrons. The van der Waals surface area contributed by atoms with Crippen LogP contribution in [0.1, 0.15) is 33.1 Å². The molecule has 0 radical (unpaired) electrons. The third kappa shape index (κ3) is 3.01. The summed E-state index contributed by atoms with van der Waals surface area (Å²) in [6.45, 7) is 5.28. The van der Waals surface area contributed by atoms with Gasteiger partial charge in [0.15, 0.2) is 0 Å². The molecular weight excluding hydrogens is 312 g/mol. The minimum atomic E-state index is 0.0246. The molecule has 0 amide bonds. The molecule has 0 aliphatic heterocycles. The van der Waals surface area contributed by atoms with Crippen molar-refractivity contribution in [1.82, 2.24) is 0 Å². The van der Waals surface area contributed by atoms with E-state index < -0.39 is 0 Å². The van der Waals surface area contributed by atoms with Crippen molar-refractivity contribution in [3.05, 3.63) is 27.7 Å². The van der Waals surface area contributed by atoms with E-state index in [-0.39, 0.29) is 5.54 Å².